The molecule has 21 nitrogen and oxygen atoms in total. The smallest absolute Gasteiger partial charge is 0.412 e. The fourth-order valence-electron chi connectivity index (χ4n) is 5.45. The molecule has 59 heavy (non-hydrogen) atoms. The van der Waals surface area contributed by atoms with Gasteiger partial charge in [0.05, 0.1) is 12.9 Å². The number of anilines is 3. The molecule has 7 atom stereocenters. The highest BCUT2D eigenvalue weighted by molar-refractivity contribution is 7.98. The summed E-state index contributed by atoms with van der Waals surface area (Å²) >= 11 is 1.09. The number of hydrogen-bond acceptors (Lipinski definition) is 19. The zero-order chi connectivity index (χ0) is 42.5. The summed E-state index contributed by atoms with van der Waals surface area (Å²) in [5.41, 5.74) is 6.31. The van der Waals surface area contributed by atoms with Crippen LogP contribution >= 0.6 is 35.0 Å². The van der Waals surface area contributed by atoms with Gasteiger partial charge >= 0.3 is 12.2 Å². The van der Waals surface area contributed by atoms with Gasteiger partial charge in [-0.2, -0.15) is 0 Å². The van der Waals surface area contributed by atoms with E-state index in [4.69, 9.17) is 24.5 Å². The number of phosphoric ester groups is 1. The predicted molar refractivity (Wildman–Crippen MR) is 197 cm³/mol. The van der Waals surface area contributed by atoms with Gasteiger partial charge in [-0.3, -0.25) is 28.6 Å². The van der Waals surface area contributed by atoms with Crippen molar-refractivity contribution < 1.29 is 74.1 Å². The Balaban J connectivity index is 1.30. The summed E-state index contributed by atoms with van der Waals surface area (Å²) in [7, 11) is -17.6. The van der Waals surface area contributed by atoms with E-state index in [9.17, 15) is 46.7 Å². The van der Waals surface area contributed by atoms with E-state index in [1.165, 1.54) is 53.1 Å². The molecule has 314 valence electrons. The highest BCUT2D eigenvalue weighted by Crippen LogP contribution is 2.63. The Kier molecular flexibility index (Phi) is 13.5. The molecule has 0 saturated carbocycles. The minimum atomic E-state index is -6.20. The second-order valence-corrected chi connectivity index (χ2v) is 17.8. The first kappa shape index (κ1) is 43.7. The Morgan fingerprint density at radius 2 is 1.42 bits per heavy atom. The summed E-state index contributed by atoms with van der Waals surface area (Å²) in [5.74, 6) is -1.33. The Morgan fingerprint density at radius 3 is 2.00 bits per heavy atom. The number of amides is 2. The van der Waals surface area contributed by atoms with Crippen molar-refractivity contribution in [2.45, 2.75) is 35.9 Å². The number of ether oxygens (including phenoxy) is 3. The molecule has 4 unspecified atom stereocenters. The normalized spacial score (nSPS) is 20.8. The van der Waals surface area contributed by atoms with Crippen LogP contribution in [0.3, 0.4) is 0 Å². The minimum absolute atomic E-state index is 0.00436. The molecular formula is C32H29F2N7O14P3S-3. The van der Waals surface area contributed by atoms with Crippen molar-refractivity contribution in [3.05, 3.63) is 102 Å². The van der Waals surface area contributed by atoms with Gasteiger partial charge in [-0.05, 0) is 60.4 Å². The number of aromatic nitrogens is 4. The average molecular weight is 899 g/mol. The molecule has 0 bridgehead atoms. The number of nitrogens with two attached hydrogens (primary N) is 1. The molecule has 27 heteroatoms. The van der Waals surface area contributed by atoms with Gasteiger partial charge in [-0.15, -0.1) is 0 Å². The molecular weight excluding hydrogens is 869 g/mol. The number of imidazole rings is 1. The van der Waals surface area contributed by atoms with Crippen molar-refractivity contribution in [3.63, 3.8) is 0 Å². The van der Waals surface area contributed by atoms with E-state index in [-0.39, 0.29) is 39.1 Å². The monoisotopic (exact) mass is 898 g/mol. The largest absolute Gasteiger partial charge is 0.778 e. The standard InChI is InChI=1S/C32H32F2N7O14P3S/c1-59-30-39-27(35)24-28(40-30)41(17-36-24)29-26(53-32(43)38-22-13-9-20(34)10-14-22)25(52-31(42)37-21-11-7-19(33)8-12-21)23(51-29)15-50-57(46,47)55-58(48,49)54-56(44,45)16-18-5-3-2-4-6-18/h2-14,17,23,25-26,29H,15-16H2,1H3,(H,37,42)(H,38,43)(H,44,45)(H,46,47)(H,48,49)(H2,35,39,40)/p-3/t23-,25?,26+,29-/m1/s1. The van der Waals surface area contributed by atoms with E-state index in [2.05, 4.69) is 34.2 Å². The Hall–Kier alpha value is -4.83. The van der Waals surface area contributed by atoms with Gasteiger partial charge in [0.2, 0.25) is 0 Å². The third-order valence-electron chi connectivity index (χ3n) is 7.88. The molecule has 1 fully saturated rings. The lowest BCUT2D eigenvalue weighted by Gasteiger charge is -2.35. The highest BCUT2D eigenvalue weighted by Gasteiger charge is 2.52. The van der Waals surface area contributed by atoms with Gasteiger partial charge in [-0.1, -0.05) is 42.1 Å². The number of nitrogens with zero attached hydrogens (tertiary/aromatic N) is 4. The lowest BCUT2D eigenvalue weighted by atomic mass is 10.1. The molecule has 1 saturated heterocycles. The second kappa shape index (κ2) is 18.2. The number of fused-ring (bicyclic) bond motifs is 1. The Morgan fingerprint density at radius 1 is 0.847 bits per heavy atom. The lowest BCUT2D eigenvalue weighted by Crippen LogP contribution is -2.42. The molecule has 4 N–H and O–H groups in total. The zero-order valence-electron chi connectivity index (χ0n) is 29.9. The van der Waals surface area contributed by atoms with Crippen LogP contribution in [0.5, 0.6) is 0 Å². The maximum atomic E-state index is 13.6. The zero-order valence-corrected chi connectivity index (χ0v) is 33.4. The van der Waals surface area contributed by atoms with Crippen molar-refractivity contribution in [2.75, 3.05) is 29.2 Å². The van der Waals surface area contributed by atoms with Gasteiger partial charge < -0.3 is 43.7 Å². The van der Waals surface area contributed by atoms with Crippen LogP contribution in [0.25, 0.3) is 11.2 Å². The van der Waals surface area contributed by atoms with E-state index in [1.54, 1.807) is 12.3 Å². The van der Waals surface area contributed by atoms with Gasteiger partial charge in [0.1, 0.15) is 30.9 Å². The van der Waals surface area contributed by atoms with E-state index in [1.807, 2.05) is 0 Å². The van der Waals surface area contributed by atoms with Crippen molar-refractivity contribution in [3.8, 4) is 0 Å². The second-order valence-electron chi connectivity index (χ2n) is 12.1. The number of thioether (sulfide) groups is 1. The summed E-state index contributed by atoms with van der Waals surface area (Å²) in [6.07, 6.45) is -7.74. The van der Waals surface area contributed by atoms with Crippen molar-refractivity contribution in [2.24, 2.45) is 0 Å². The SMILES string of the molecule is CSc1nc(N)c2ncn([C@@H]3O[C@H](COP(=O)([O-])OP(=O)([O-])OP(=O)([O-])Cc4ccccc4)C(OC(=O)Nc4ccc(F)cc4)[C@@H]3OC(=O)Nc3ccc(F)cc3)c2n1. The van der Waals surface area contributed by atoms with E-state index >= 15 is 0 Å². The number of carbonyl (C=O) groups is 2. The van der Waals surface area contributed by atoms with Gasteiger partial charge in [0.15, 0.2) is 35.1 Å². The summed E-state index contributed by atoms with van der Waals surface area (Å²) < 4.78 is 96.4. The minimum Gasteiger partial charge on any atom is -0.778 e. The molecule has 5 aromatic rings. The number of carbonyl (C=O) groups excluding carboxylic acids is 2. The Bertz CT molecular complexity index is 2460. The Labute approximate surface area is 335 Å². The first-order valence-corrected chi connectivity index (χ1v) is 22.5. The summed E-state index contributed by atoms with van der Waals surface area (Å²) in [5, 5.41) is 4.83. The van der Waals surface area contributed by atoms with Crippen LogP contribution in [-0.2, 0) is 47.2 Å². The number of halogens is 2. The van der Waals surface area contributed by atoms with Crippen LogP contribution in [0, 0.1) is 11.6 Å². The average Bonchev–Trinajstić information content (AvgIpc) is 3.73. The van der Waals surface area contributed by atoms with Gasteiger partial charge in [0.25, 0.3) is 15.6 Å². The third-order valence-corrected chi connectivity index (χ3v) is 13.0. The highest BCUT2D eigenvalue weighted by atomic mass is 32.2. The number of hydrogen-bond donors (Lipinski definition) is 3. The van der Waals surface area contributed by atoms with Gasteiger partial charge in [0, 0.05) is 17.5 Å². The van der Waals surface area contributed by atoms with Crippen LogP contribution in [-0.4, -0.2) is 62.9 Å². The number of nitrogen functional groups attached to an aromatic ring is 1. The molecule has 3 aromatic carbocycles. The molecule has 0 aliphatic carbocycles. The molecule has 2 aromatic heterocycles. The van der Waals surface area contributed by atoms with Crippen molar-refractivity contribution >= 4 is 75.5 Å². The predicted octanol–water partition coefficient (Wildman–Crippen LogP) is 4.28. The number of rotatable bonds is 15. The number of benzene rings is 3. The molecule has 1 aliphatic heterocycles. The summed E-state index contributed by atoms with van der Waals surface area (Å²) in [4.78, 5) is 77.1. The summed E-state index contributed by atoms with van der Waals surface area (Å²) in [6, 6.07) is 16.1. The fourth-order valence-corrected chi connectivity index (χ4v) is 9.81. The maximum Gasteiger partial charge on any atom is 0.412 e. The first-order valence-electron chi connectivity index (χ1n) is 16.6. The number of phosphoric acid groups is 2. The topological polar surface area (TPSA) is 304 Å². The lowest BCUT2D eigenvalue weighted by molar-refractivity contribution is -0.246. The fraction of sp³-hybridized carbons (Fsp3) is 0.219. The van der Waals surface area contributed by atoms with Crippen LogP contribution in [0.4, 0.5) is 35.6 Å². The van der Waals surface area contributed by atoms with Gasteiger partial charge in [-0.25, -0.2) is 37.6 Å². The molecule has 1 aliphatic rings. The molecule has 6 rings (SSSR count). The first-order chi connectivity index (χ1) is 27.9. The third kappa shape index (κ3) is 11.7. The molecule has 2 amide bonds. The van der Waals surface area contributed by atoms with E-state index in [0.717, 1.165) is 42.4 Å². The van der Waals surface area contributed by atoms with Crippen molar-refractivity contribution in [1.29, 1.82) is 0 Å². The molecule has 3 heterocycles. The van der Waals surface area contributed by atoms with Crippen molar-refractivity contribution in [1.82, 2.24) is 19.5 Å². The van der Waals surface area contributed by atoms with E-state index in [0.29, 0.717) is 0 Å². The van der Waals surface area contributed by atoms with Crippen LogP contribution < -0.4 is 31.0 Å². The maximum absolute atomic E-state index is 13.6. The molecule has 0 radical (unpaired) electrons. The van der Waals surface area contributed by atoms with E-state index < -0.39 is 84.4 Å². The van der Waals surface area contributed by atoms with Crippen LogP contribution in [0.1, 0.15) is 11.8 Å². The number of nitrogens with one attached hydrogen (secondary N) is 2. The molecule has 0 spiro atoms. The van der Waals surface area contributed by atoms with Crippen LogP contribution in [0.15, 0.2) is 90.3 Å². The quantitative estimate of drug-likeness (QED) is 0.0750. The van der Waals surface area contributed by atoms with Crippen LogP contribution in [0.2, 0.25) is 0 Å². The summed E-state index contributed by atoms with van der Waals surface area (Å²) in [6.45, 7) is -1.25.